The molecule has 1 saturated carbocycles. The van der Waals surface area contributed by atoms with Crippen LogP contribution in [0.4, 0.5) is 0 Å². The Kier molecular flexibility index (Phi) is 4.24. The van der Waals surface area contributed by atoms with Gasteiger partial charge in [-0.2, -0.15) is 0 Å². The van der Waals surface area contributed by atoms with Gasteiger partial charge in [-0.3, -0.25) is 0 Å². The van der Waals surface area contributed by atoms with Gasteiger partial charge in [-0.05, 0) is 31.2 Å². The molecule has 1 heteroatoms. The van der Waals surface area contributed by atoms with E-state index in [0.717, 1.165) is 12.5 Å². The Morgan fingerprint density at radius 3 is 2.08 bits per heavy atom. The van der Waals surface area contributed by atoms with Crippen LogP contribution in [-0.4, -0.2) is 13.6 Å². The molecule has 0 aromatic heterocycles. The van der Waals surface area contributed by atoms with E-state index in [-0.39, 0.29) is 0 Å². The topological polar surface area (TPSA) is 12.0 Å². The zero-order valence-electron chi connectivity index (χ0n) is 9.53. The van der Waals surface area contributed by atoms with Crippen LogP contribution in [-0.2, 0) is 0 Å². The summed E-state index contributed by atoms with van der Waals surface area (Å²) in [4.78, 5) is 0. The van der Waals surface area contributed by atoms with Crippen molar-refractivity contribution in [1.29, 1.82) is 0 Å². The summed E-state index contributed by atoms with van der Waals surface area (Å²) < 4.78 is 0. The van der Waals surface area contributed by atoms with Crippen LogP contribution in [0, 0.1) is 11.3 Å². The van der Waals surface area contributed by atoms with Gasteiger partial charge < -0.3 is 5.32 Å². The second-order valence-corrected chi connectivity index (χ2v) is 5.21. The fraction of sp³-hybridized carbons (Fsp3) is 1.00. The fourth-order valence-electron chi connectivity index (χ4n) is 2.66. The van der Waals surface area contributed by atoms with Crippen molar-refractivity contribution in [2.75, 3.05) is 13.6 Å². The molecule has 13 heavy (non-hydrogen) atoms. The molecular weight excluding hydrogens is 158 g/mol. The molecule has 0 heterocycles. The van der Waals surface area contributed by atoms with Crippen LogP contribution in [0.1, 0.15) is 52.4 Å². The smallest absolute Gasteiger partial charge is 0.000216 e. The van der Waals surface area contributed by atoms with E-state index in [9.17, 15) is 0 Å². The summed E-state index contributed by atoms with van der Waals surface area (Å²) in [6.07, 6.45) is 8.75. The molecule has 0 spiro atoms. The SMILES string of the molecule is CNCC(C)(C)C1CCCCCC1. The Bertz CT molecular complexity index is 132. The van der Waals surface area contributed by atoms with E-state index in [2.05, 4.69) is 26.2 Å². The van der Waals surface area contributed by atoms with E-state index in [0.29, 0.717) is 5.41 Å². The lowest BCUT2D eigenvalue weighted by Gasteiger charge is -2.33. The highest BCUT2D eigenvalue weighted by Gasteiger charge is 2.28. The summed E-state index contributed by atoms with van der Waals surface area (Å²) in [5.41, 5.74) is 0.499. The third-order valence-corrected chi connectivity index (χ3v) is 3.59. The van der Waals surface area contributed by atoms with Crippen LogP contribution < -0.4 is 5.32 Å². The Morgan fingerprint density at radius 2 is 1.62 bits per heavy atom. The van der Waals surface area contributed by atoms with E-state index in [1.165, 1.54) is 38.5 Å². The summed E-state index contributed by atoms with van der Waals surface area (Å²) in [6, 6.07) is 0. The molecule has 1 rings (SSSR count). The van der Waals surface area contributed by atoms with Gasteiger partial charge >= 0.3 is 0 Å². The Hall–Kier alpha value is -0.0400. The summed E-state index contributed by atoms with van der Waals surface area (Å²) in [6.45, 7) is 6.00. The second-order valence-electron chi connectivity index (χ2n) is 5.21. The zero-order valence-corrected chi connectivity index (χ0v) is 9.53. The van der Waals surface area contributed by atoms with Crippen molar-refractivity contribution in [3.8, 4) is 0 Å². The van der Waals surface area contributed by atoms with E-state index >= 15 is 0 Å². The number of hydrogen-bond donors (Lipinski definition) is 1. The van der Waals surface area contributed by atoms with Gasteiger partial charge in [0.05, 0.1) is 0 Å². The van der Waals surface area contributed by atoms with Crippen LogP contribution in [0.2, 0.25) is 0 Å². The summed E-state index contributed by atoms with van der Waals surface area (Å²) in [7, 11) is 2.07. The van der Waals surface area contributed by atoms with Crippen molar-refractivity contribution in [1.82, 2.24) is 5.32 Å². The first-order valence-electron chi connectivity index (χ1n) is 5.81. The zero-order chi connectivity index (χ0) is 9.73. The van der Waals surface area contributed by atoms with Crippen molar-refractivity contribution in [2.45, 2.75) is 52.4 Å². The minimum atomic E-state index is 0.499. The van der Waals surface area contributed by atoms with Gasteiger partial charge in [0, 0.05) is 6.54 Å². The molecule has 1 nitrogen and oxygen atoms in total. The van der Waals surface area contributed by atoms with Gasteiger partial charge in [0.2, 0.25) is 0 Å². The first kappa shape index (κ1) is 11.0. The summed E-state index contributed by atoms with van der Waals surface area (Å²) in [5.74, 6) is 0.947. The molecule has 0 saturated heterocycles. The standard InChI is InChI=1S/C12H25N/c1-12(2,10-13-3)11-8-6-4-5-7-9-11/h11,13H,4-10H2,1-3H3. The highest BCUT2D eigenvalue weighted by atomic mass is 14.8. The molecule has 0 aromatic rings. The van der Waals surface area contributed by atoms with Crippen molar-refractivity contribution in [3.63, 3.8) is 0 Å². The molecule has 0 radical (unpaired) electrons. The normalized spacial score (nSPS) is 21.5. The third-order valence-electron chi connectivity index (χ3n) is 3.59. The highest BCUT2D eigenvalue weighted by Crippen LogP contribution is 2.36. The molecule has 0 bridgehead atoms. The molecule has 78 valence electrons. The third kappa shape index (κ3) is 3.30. The van der Waals surface area contributed by atoms with Gasteiger partial charge in [-0.1, -0.05) is 39.5 Å². The molecule has 0 unspecified atom stereocenters. The Labute approximate surface area is 83.3 Å². The van der Waals surface area contributed by atoms with Crippen LogP contribution in [0.15, 0.2) is 0 Å². The number of hydrogen-bond acceptors (Lipinski definition) is 1. The van der Waals surface area contributed by atoms with Gasteiger partial charge in [-0.15, -0.1) is 0 Å². The van der Waals surface area contributed by atoms with Gasteiger partial charge in [0.1, 0.15) is 0 Å². The minimum Gasteiger partial charge on any atom is -0.319 e. The largest absolute Gasteiger partial charge is 0.319 e. The number of rotatable bonds is 3. The predicted molar refractivity (Wildman–Crippen MR) is 58.9 cm³/mol. The minimum absolute atomic E-state index is 0.499. The Balaban J connectivity index is 2.46. The molecule has 0 aliphatic heterocycles. The first-order valence-corrected chi connectivity index (χ1v) is 5.81. The van der Waals surface area contributed by atoms with Crippen LogP contribution in [0.5, 0.6) is 0 Å². The lowest BCUT2D eigenvalue weighted by Crippen LogP contribution is -2.33. The number of nitrogens with one attached hydrogen (secondary N) is 1. The van der Waals surface area contributed by atoms with E-state index in [4.69, 9.17) is 0 Å². The molecule has 0 aromatic carbocycles. The molecular formula is C12H25N. The van der Waals surface area contributed by atoms with Crippen LogP contribution in [0.25, 0.3) is 0 Å². The quantitative estimate of drug-likeness (QED) is 0.663. The molecule has 1 aliphatic carbocycles. The average molecular weight is 183 g/mol. The lowest BCUT2D eigenvalue weighted by atomic mass is 9.75. The second kappa shape index (κ2) is 4.99. The van der Waals surface area contributed by atoms with Gasteiger partial charge in [-0.25, -0.2) is 0 Å². The maximum Gasteiger partial charge on any atom is 0.000216 e. The van der Waals surface area contributed by atoms with Crippen LogP contribution in [0.3, 0.4) is 0 Å². The maximum absolute atomic E-state index is 3.33. The lowest BCUT2D eigenvalue weighted by molar-refractivity contribution is 0.187. The van der Waals surface area contributed by atoms with E-state index in [1.807, 2.05) is 0 Å². The predicted octanol–water partition coefficient (Wildman–Crippen LogP) is 3.20. The summed E-state index contributed by atoms with van der Waals surface area (Å²) >= 11 is 0. The van der Waals surface area contributed by atoms with Crippen molar-refractivity contribution < 1.29 is 0 Å². The molecule has 1 aliphatic rings. The fourth-order valence-corrected chi connectivity index (χ4v) is 2.66. The molecule has 0 amide bonds. The molecule has 1 fully saturated rings. The molecule has 0 atom stereocenters. The van der Waals surface area contributed by atoms with E-state index < -0.39 is 0 Å². The maximum atomic E-state index is 3.33. The van der Waals surface area contributed by atoms with E-state index in [1.54, 1.807) is 0 Å². The highest BCUT2D eigenvalue weighted by molar-refractivity contribution is 4.81. The summed E-state index contributed by atoms with van der Waals surface area (Å²) in [5, 5.41) is 3.33. The van der Waals surface area contributed by atoms with Gasteiger partial charge in [0.25, 0.3) is 0 Å². The molecule has 1 N–H and O–H groups in total. The first-order chi connectivity index (χ1) is 6.17. The van der Waals surface area contributed by atoms with Crippen molar-refractivity contribution in [3.05, 3.63) is 0 Å². The van der Waals surface area contributed by atoms with Crippen molar-refractivity contribution in [2.24, 2.45) is 11.3 Å². The van der Waals surface area contributed by atoms with Gasteiger partial charge in [0.15, 0.2) is 0 Å². The average Bonchev–Trinajstić information content (AvgIpc) is 2.31. The van der Waals surface area contributed by atoms with Crippen LogP contribution >= 0.6 is 0 Å². The Morgan fingerprint density at radius 1 is 1.08 bits per heavy atom. The monoisotopic (exact) mass is 183 g/mol. The van der Waals surface area contributed by atoms with Crippen molar-refractivity contribution >= 4 is 0 Å².